The summed E-state index contributed by atoms with van der Waals surface area (Å²) in [6.07, 6.45) is 0. The maximum atomic E-state index is 10.4. The van der Waals surface area contributed by atoms with Gasteiger partial charge in [-0.25, -0.2) is 0 Å². The summed E-state index contributed by atoms with van der Waals surface area (Å²) in [5, 5.41) is 10.5. The Labute approximate surface area is 74.1 Å². The van der Waals surface area contributed by atoms with E-state index in [4.69, 9.17) is 17.3 Å². The van der Waals surface area contributed by atoms with Gasteiger partial charge in [0.15, 0.2) is 0 Å². The van der Waals surface area contributed by atoms with E-state index in [0.29, 0.717) is 11.3 Å². The van der Waals surface area contributed by atoms with Crippen LogP contribution in [-0.2, 0) is 0 Å². The van der Waals surface area contributed by atoms with Crippen molar-refractivity contribution >= 4 is 23.0 Å². The minimum absolute atomic E-state index is 0.108. The van der Waals surface area contributed by atoms with Crippen LogP contribution in [0.1, 0.15) is 5.56 Å². The maximum Gasteiger partial charge on any atom is 0.288 e. The number of anilines is 1. The average molecular weight is 187 g/mol. The standard InChI is InChI=1S/C7H7ClN2O2/c1-4-5(9)2-3-6(7(4)8)10(11)12/h2-3H,9H2,1H3. The van der Waals surface area contributed by atoms with Crippen LogP contribution >= 0.6 is 11.6 Å². The normalized spacial score (nSPS) is 9.83. The Kier molecular flexibility index (Phi) is 2.19. The molecule has 1 rings (SSSR count). The molecule has 0 bridgehead atoms. The van der Waals surface area contributed by atoms with Crippen molar-refractivity contribution < 1.29 is 4.92 Å². The molecule has 0 heterocycles. The largest absolute Gasteiger partial charge is 0.398 e. The molecular weight excluding hydrogens is 180 g/mol. The van der Waals surface area contributed by atoms with E-state index < -0.39 is 4.92 Å². The molecule has 0 saturated carbocycles. The lowest BCUT2D eigenvalue weighted by Gasteiger charge is -2.01. The van der Waals surface area contributed by atoms with E-state index in [0.717, 1.165) is 0 Å². The van der Waals surface area contributed by atoms with Crippen LogP contribution in [0.2, 0.25) is 5.02 Å². The van der Waals surface area contributed by atoms with Crippen molar-refractivity contribution in [1.29, 1.82) is 0 Å². The molecule has 2 N–H and O–H groups in total. The van der Waals surface area contributed by atoms with Crippen molar-refractivity contribution in [2.24, 2.45) is 0 Å². The summed E-state index contributed by atoms with van der Waals surface area (Å²) in [6.45, 7) is 1.64. The van der Waals surface area contributed by atoms with Crippen LogP contribution in [0, 0.1) is 17.0 Å². The van der Waals surface area contributed by atoms with E-state index in [2.05, 4.69) is 0 Å². The van der Waals surface area contributed by atoms with Crippen LogP contribution in [0.5, 0.6) is 0 Å². The van der Waals surface area contributed by atoms with Crippen molar-refractivity contribution in [1.82, 2.24) is 0 Å². The van der Waals surface area contributed by atoms with Gasteiger partial charge in [-0.1, -0.05) is 11.6 Å². The zero-order chi connectivity index (χ0) is 9.30. The van der Waals surface area contributed by atoms with Gasteiger partial charge in [0.2, 0.25) is 0 Å². The number of rotatable bonds is 1. The van der Waals surface area contributed by atoms with E-state index in [-0.39, 0.29) is 10.7 Å². The number of nitro groups is 1. The first kappa shape index (κ1) is 8.80. The van der Waals surface area contributed by atoms with Gasteiger partial charge in [0.1, 0.15) is 5.02 Å². The molecule has 1 aromatic carbocycles. The molecular formula is C7H7ClN2O2. The van der Waals surface area contributed by atoms with Crippen molar-refractivity contribution in [3.8, 4) is 0 Å². The van der Waals surface area contributed by atoms with E-state index in [1.54, 1.807) is 6.92 Å². The molecule has 0 aliphatic heterocycles. The lowest BCUT2D eigenvalue weighted by atomic mass is 10.2. The summed E-state index contributed by atoms with van der Waals surface area (Å²) in [5.41, 5.74) is 6.39. The van der Waals surface area contributed by atoms with Gasteiger partial charge in [-0.05, 0) is 18.6 Å². The zero-order valence-corrected chi connectivity index (χ0v) is 7.13. The first-order chi connectivity index (χ1) is 5.54. The fourth-order valence-corrected chi connectivity index (χ4v) is 1.07. The first-order valence-corrected chi connectivity index (χ1v) is 3.61. The minimum Gasteiger partial charge on any atom is -0.398 e. The molecule has 12 heavy (non-hydrogen) atoms. The van der Waals surface area contributed by atoms with Crippen LogP contribution in [0.15, 0.2) is 12.1 Å². The van der Waals surface area contributed by atoms with E-state index in [1.165, 1.54) is 12.1 Å². The number of halogens is 1. The Morgan fingerprint density at radius 3 is 2.67 bits per heavy atom. The number of nitrogens with zero attached hydrogens (tertiary/aromatic N) is 1. The molecule has 64 valence electrons. The number of hydrogen-bond acceptors (Lipinski definition) is 3. The van der Waals surface area contributed by atoms with Crippen molar-refractivity contribution in [3.05, 3.63) is 32.8 Å². The highest BCUT2D eigenvalue weighted by atomic mass is 35.5. The molecule has 4 nitrogen and oxygen atoms in total. The van der Waals surface area contributed by atoms with Gasteiger partial charge in [-0.2, -0.15) is 0 Å². The second-order valence-electron chi connectivity index (χ2n) is 2.37. The van der Waals surface area contributed by atoms with Crippen LogP contribution in [0.4, 0.5) is 11.4 Å². The molecule has 0 aromatic heterocycles. The minimum atomic E-state index is -0.533. The Morgan fingerprint density at radius 2 is 2.17 bits per heavy atom. The lowest BCUT2D eigenvalue weighted by molar-refractivity contribution is -0.384. The zero-order valence-electron chi connectivity index (χ0n) is 6.37. The molecule has 1 aromatic rings. The highest BCUT2D eigenvalue weighted by molar-refractivity contribution is 6.33. The van der Waals surface area contributed by atoms with Gasteiger partial charge in [-0.15, -0.1) is 0 Å². The fraction of sp³-hybridized carbons (Fsp3) is 0.143. The highest BCUT2D eigenvalue weighted by Crippen LogP contribution is 2.30. The lowest BCUT2D eigenvalue weighted by Crippen LogP contribution is -1.95. The van der Waals surface area contributed by atoms with Crippen molar-refractivity contribution in [2.45, 2.75) is 6.92 Å². The summed E-state index contributed by atoms with van der Waals surface area (Å²) in [5.74, 6) is 0. The number of benzene rings is 1. The van der Waals surface area contributed by atoms with E-state index in [1.807, 2.05) is 0 Å². The molecule has 0 amide bonds. The van der Waals surface area contributed by atoms with Gasteiger partial charge in [-0.3, -0.25) is 10.1 Å². The van der Waals surface area contributed by atoms with E-state index >= 15 is 0 Å². The summed E-state index contributed by atoms with van der Waals surface area (Å²) in [6, 6.07) is 2.77. The average Bonchev–Trinajstić information content (AvgIpc) is 2.00. The van der Waals surface area contributed by atoms with Crippen molar-refractivity contribution in [3.63, 3.8) is 0 Å². The Balaban J connectivity index is 3.36. The number of hydrogen-bond donors (Lipinski definition) is 1. The second kappa shape index (κ2) is 2.98. The van der Waals surface area contributed by atoms with Gasteiger partial charge < -0.3 is 5.73 Å². The molecule has 0 fully saturated rings. The summed E-state index contributed by atoms with van der Waals surface area (Å²) in [7, 11) is 0. The van der Waals surface area contributed by atoms with Gasteiger partial charge in [0.25, 0.3) is 5.69 Å². The second-order valence-corrected chi connectivity index (χ2v) is 2.75. The third-order valence-corrected chi connectivity index (χ3v) is 2.08. The molecule has 0 spiro atoms. The van der Waals surface area contributed by atoms with Crippen LogP contribution in [0.3, 0.4) is 0 Å². The topological polar surface area (TPSA) is 69.2 Å². The molecule has 0 aliphatic rings. The Morgan fingerprint density at radius 1 is 1.58 bits per heavy atom. The summed E-state index contributed by atoms with van der Waals surface area (Å²) in [4.78, 5) is 9.83. The van der Waals surface area contributed by atoms with Gasteiger partial charge in [0.05, 0.1) is 4.92 Å². The number of nitrogens with two attached hydrogens (primary N) is 1. The van der Waals surface area contributed by atoms with E-state index in [9.17, 15) is 10.1 Å². The summed E-state index contributed by atoms with van der Waals surface area (Å²) < 4.78 is 0. The molecule has 0 atom stereocenters. The van der Waals surface area contributed by atoms with Crippen LogP contribution in [0.25, 0.3) is 0 Å². The monoisotopic (exact) mass is 186 g/mol. The number of nitro benzene ring substituents is 1. The van der Waals surface area contributed by atoms with Gasteiger partial charge >= 0.3 is 0 Å². The number of nitrogen functional groups attached to an aromatic ring is 1. The summed E-state index contributed by atoms with van der Waals surface area (Å²) >= 11 is 5.67. The quantitative estimate of drug-likeness (QED) is 0.415. The molecule has 5 heteroatoms. The highest BCUT2D eigenvalue weighted by Gasteiger charge is 2.14. The third-order valence-electron chi connectivity index (χ3n) is 1.60. The molecule has 0 radical (unpaired) electrons. The maximum absolute atomic E-state index is 10.4. The predicted octanol–water partition coefficient (Wildman–Crippen LogP) is 2.14. The van der Waals surface area contributed by atoms with Crippen molar-refractivity contribution in [2.75, 3.05) is 5.73 Å². The third kappa shape index (κ3) is 1.33. The Hall–Kier alpha value is -1.29. The predicted molar refractivity (Wildman–Crippen MR) is 47.3 cm³/mol. The van der Waals surface area contributed by atoms with Crippen LogP contribution < -0.4 is 5.73 Å². The smallest absolute Gasteiger partial charge is 0.288 e. The molecule has 0 unspecified atom stereocenters. The fourth-order valence-electron chi connectivity index (χ4n) is 0.827. The molecule has 0 aliphatic carbocycles. The molecule has 0 saturated heterocycles. The van der Waals surface area contributed by atoms with Crippen LogP contribution in [-0.4, -0.2) is 4.92 Å². The SMILES string of the molecule is Cc1c(N)ccc([N+](=O)[O-])c1Cl. The Bertz CT molecular complexity index is 338. The van der Waals surface area contributed by atoms with Gasteiger partial charge in [0, 0.05) is 11.8 Å². The first-order valence-electron chi connectivity index (χ1n) is 3.23.